The maximum absolute atomic E-state index is 11.7. The van der Waals surface area contributed by atoms with Gasteiger partial charge in [-0.15, -0.1) is 0 Å². The molecule has 112 valence electrons. The highest BCUT2D eigenvalue weighted by molar-refractivity contribution is 6.41. The molecule has 0 saturated carbocycles. The number of nitrogens with zero attached hydrogens (tertiary/aromatic N) is 1. The number of carbonyl (C=O) groups is 2. The first kappa shape index (κ1) is 16.0. The van der Waals surface area contributed by atoms with Crippen LogP contribution >= 0.6 is 23.2 Å². The smallest absolute Gasteiger partial charge is 0.316 e. The van der Waals surface area contributed by atoms with Crippen LogP contribution in [0.5, 0.6) is 0 Å². The molecule has 0 heterocycles. The second-order valence-corrected chi connectivity index (χ2v) is 5.03. The van der Waals surface area contributed by atoms with Crippen molar-refractivity contribution in [2.24, 2.45) is 5.10 Å². The van der Waals surface area contributed by atoms with E-state index in [0.717, 1.165) is 0 Å². The van der Waals surface area contributed by atoms with Crippen molar-refractivity contribution in [3.8, 4) is 0 Å². The average molecular weight is 336 g/mol. The van der Waals surface area contributed by atoms with Gasteiger partial charge < -0.3 is 5.32 Å². The Morgan fingerprint density at radius 2 is 1.77 bits per heavy atom. The Hall–Kier alpha value is -2.37. The number of rotatable bonds is 3. The Bertz CT molecular complexity index is 732. The molecule has 0 radical (unpaired) electrons. The predicted octanol–water partition coefficient (Wildman–Crippen LogP) is 3.08. The highest BCUT2D eigenvalue weighted by Gasteiger charge is 2.13. The molecule has 0 atom stereocenters. The SMILES string of the molecule is O=C(NN=Cc1cccc(Cl)c1)C(=O)Nc1ccccc1Cl. The van der Waals surface area contributed by atoms with Crippen molar-refractivity contribution in [3.63, 3.8) is 0 Å². The molecule has 22 heavy (non-hydrogen) atoms. The molecule has 0 aliphatic heterocycles. The quantitative estimate of drug-likeness (QED) is 0.514. The summed E-state index contributed by atoms with van der Waals surface area (Å²) in [5.74, 6) is -1.77. The van der Waals surface area contributed by atoms with E-state index in [1.165, 1.54) is 6.21 Å². The molecule has 0 unspecified atom stereocenters. The third-order valence-electron chi connectivity index (χ3n) is 2.56. The molecule has 0 spiro atoms. The third kappa shape index (κ3) is 4.58. The van der Waals surface area contributed by atoms with Crippen molar-refractivity contribution < 1.29 is 9.59 Å². The first-order valence-corrected chi connectivity index (χ1v) is 6.96. The van der Waals surface area contributed by atoms with Crippen LogP contribution < -0.4 is 10.7 Å². The van der Waals surface area contributed by atoms with E-state index < -0.39 is 11.8 Å². The Labute approximate surface area is 136 Å². The largest absolute Gasteiger partial charge is 0.329 e. The molecule has 0 fully saturated rings. The first-order valence-electron chi connectivity index (χ1n) is 6.21. The maximum atomic E-state index is 11.7. The molecule has 0 aromatic heterocycles. The minimum atomic E-state index is -0.904. The summed E-state index contributed by atoms with van der Waals surface area (Å²) in [5, 5.41) is 6.97. The molecule has 0 bridgehead atoms. The number of halogens is 2. The molecule has 0 saturated heterocycles. The second kappa shape index (κ2) is 7.59. The van der Waals surface area contributed by atoms with E-state index in [-0.39, 0.29) is 0 Å². The minimum Gasteiger partial charge on any atom is -0.316 e. The van der Waals surface area contributed by atoms with Gasteiger partial charge in [-0.05, 0) is 29.8 Å². The number of hydrogen-bond donors (Lipinski definition) is 2. The molecule has 0 aliphatic rings. The molecule has 0 aliphatic carbocycles. The van der Waals surface area contributed by atoms with E-state index >= 15 is 0 Å². The standard InChI is InChI=1S/C15H11Cl2N3O2/c16-11-5-3-4-10(8-11)9-18-20-15(22)14(21)19-13-7-2-1-6-12(13)17/h1-9H,(H,19,21)(H,20,22). The van der Waals surface area contributed by atoms with Crippen LogP contribution in [0, 0.1) is 0 Å². The zero-order chi connectivity index (χ0) is 15.9. The molecule has 7 heteroatoms. The summed E-state index contributed by atoms with van der Waals surface area (Å²) in [7, 11) is 0. The molecule has 2 aromatic carbocycles. The molecule has 2 aromatic rings. The summed E-state index contributed by atoms with van der Waals surface area (Å²) in [6.45, 7) is 0. The molecule has 2 amide bonds. The lowest BCUT2D eigenvalue weighted by Gasteiger charge is -2.05. The second-order valence-electron chi connectivity index (χ2n) is 4.19. The third-order valence-corrected chi connectivity index (χ3v) is 3.12. The van der Waals surface area contributed by atoms with Crippen molar-refractivity contribution in [1.29, 1.82) is 0 Å². The maximum Gasteiger partial charge on any atom is 0.329 e. The molecule has 5 nitrogen and oxygen atoms in total. The van der Waals surface area contributed by atoms with E-state index in [1.807, 2.05) is 0 Å². The normalized spacial score (nSPS) is 10.5. The van der Waals surface area contributed by atoms with Crippen LogP contribution in [0.1, 0.15) is 5.56 Å². The Kier molecular flexibility index (Phi) is 5.52. The van der Waals surface area contributed by atoms with Crippen molar-refractivity contribution >= 4 is 46.9 Å². The van der Waals surface area contributed by atoms with Crippen LogP contribution in [0.4, 0.5) is 5.69 Å². The lowest BCUT2D eigenvalue weighted by atomic mass is 10.2. The zero-order valence-electron chi connectivity index (χ0n) is 11.2. The number of para-hydroxylation sites is 1. The number of amides is 2. The van der Waals surface area contributed by atoms with Gasteiger partial charge in [-0.25, -0.2) is 5.43 Å². The lowest BCUT2D eigenvalue weighted by Crippen LogP contribution is -2.32. The zero-order valence-corrected chi connectivity index (χ0v) is 12.7. The predicted molar refractivity (Wildman–Crippen MR) is 87.3 cm³/mol. The van der Waals surface area contributed by atoms with Gasteiger partial charge in [0.15, 0.2) is 0 Å². The molecular weight excluding hydrogens is 325 g/mol. The van der Waals surface area contributed by atoms with Gasteiger partial charge in [0.05, 0.1) is 16.9 Å². The molecular formula is C15H11Cl2N3O2. The van der Waals surface area contributed by atoms with Gasteiger partial charge >= 0.3 is 11.8 Å². The van der Waals surface area contributed by atoms with E-state index in [9.17, 15) is 9.59 Å². The van der Waals surface area contributed by atoms with Gasteiger partial charge in [0.1, 0.15) is 0 Å². The van der Waals surface area contributed by atoms with Crippen molar-refractivity contribution in [3.05, 3.63) is 64.1 Å². The molecule has 2 N–H and O–H groups in total. The fourth-order valence-corrected chi connectivity index (χ4v) is 1.93. The highest BCUT2D eigenvalue weighted by atomic mass is 35.5. The Morgan fingerprint density at radius 3 is 2.50 bits per heavy atom. The minimum absolute atomic E-state index is 0.339. The van der Waals surface area contributed by atoms with Gasteiger partial charge in [-0.2, -0.15) is 5.10 Å². The van der Waals surface area contributed by atoms with Gasteiger partial charge in [0, 0.05) is 5.02 Å². The van der Waals surface area contributed by atoms with Crippen LogP contribution in [0.2, 0.25) is 10.0 Å². The fourth-order valence-electron chi connectivity index (χ4n) is 1.54. The van der Waals surface area contributed by atoms with Crippen molar-refractivity contribution in [2.75, 3.05) is 5.32 Å². The number of hydrogen-bond acceptors (Lipinski definition) is 3. The van der Waals surface area contributed by atoms with E-state index in [1.54, 1.807) is 48.5 Å². The summed E-state index contributed by atoms with van der Waals surface area (Å²) in [4.78, 5) is 23.3. The van der Waals surface area contributed by atoms with E-state index in [0.29, 0.717) is 21.3 Å². The van der Waals surface area contributed by atoms with Crippen LogP contribution in [-0.2, 0) is 9.59 Å². The summed E-state index contributed by atoms with van der Waals surface area (Å²) < 4.78 is 0. The van der Waals surface area contributed by atoms with Gasteiger partial charge in [0.2, 0.25) is 0 Å². The topological polar surface area (TPSA) is 70.6 Å². The molecule has 2 rings (SSSR count). The number of anilines is 1. The van der Waals surface area contributed by atoms with E-state index in [2.05, 4.69) is 15.8 Å². The fraction of sp³-hybridized carbons (Fsp3) is 0. The number of benzene rings is 2. The van der Waals surface area contributed by atoms with Crippen LogP contribution in [-0.4, -0.2) is 18.0 Å². The van der Waals surface area contributed by atoms with Gasteiger partial charge in [-0.3, -0.25) is 9.59 Å². The van der Waals surface area contributed by atoms with Crippen LogP contribution in [0.25, 0.3) is 0 Å². The lowest BCUT2D eigenvalue weighted by molar-refractivity contribution is -0.136. The van der Waals surface area contributed by atoms with Crippen molar-refractivity contribution in [1.82, 2.24) is 5.43 Å². The summed E-state index contributed by atoms with van der Waals surface area (Å²) in [6.07, 6.45) is 1.38. The average Bonchev–Trinajstić information content (AvgIpc) is 2.49. The van der Waals surface area contributed by atoms with Crippen LogP contribution in [0.15, 0.2) is 53.6 Å². The summed E-state index contributed by atoms with van der Waals surface area (Å²) >= 11 is 11.7. The highest BCUT2D eigenvalue weighted by Crippen LogP contribution is 2.20. The van der Waals surface area contributed by atoms with Gasteiger partial charge in [0.25, 0.3) is 0 Å². The number of nitrogens with one attached hydrogen (secondary N) is 2. The van der Waals surface area contributed by atoms with Crippen LogP contribution in [0.3, 0.4) is 0 Å². The van der Waals surface area contributed by atoms with Gasteiger partial charge in [-0.1, -0.05) is 47.5 Å². The Morgan fingerprint density at radius 1 is 1.00 bits per heavy atom. The summed E-state index contributed by atoms with van der Waals surface area (Å²) in [5.41, 5.74) is 3.17. The number of carbonyl (C=O) groups excluding carboxylic acids is 2. The Balaban J connectivity index is 1.92. The number of hydrazone groups is 1. The monoisotopic (exact) mass is 335 g/mol. The first-order chi connectivity index (χ1) is 10.6. The van der Waals surface area contributed by atoms with E-state index in [4.69, 9.17) is 23.2 Å². The summed E-state index contributed by atoms with van der Waals surface area (Å²) in [6, 6.07) is 13.5. The van der Waals surface area contributed by atoms with Crippen molar-refractivity contribution in [2.45, 2.75) is 0 Å².